The molecule has 0 radical (unpaired) electrons. The third kappa shape index (κ3) is 4.82. The lowest BCUT2D eigenvalue weighted by Gasteiger charge is -2.15. The maximum atomic E-state index is 13.6. The Morgan fingerprint density at radius 3 is 2.83 bits per heavy atom. The van der Waals surface area contributed by atoms with E-state index in [0.29, 0.717) is 11.6 Å². The van der Waals surface area contributed by atoms with Gasteiger partial charge >= 0.3 is 0 Å². The zero-order chi connectivity index (χ0) is 13.5. The maximum Gasteiger partial charge on any atom is 0.135 e. The molecular weight excluding hydrogens is 267 g/mol. The minimum atomic E-state index is -0.373. The van der Waals surface area contributed by atoms with E-state index in [-0.39, 0.29) is 10.8 Å². The second kappa shape index (κ2) is 7.59. The van der Waals surface area contributed by atoms with E-state index in [4.69, 9.17) is 18.0 Å². The van der Waals surface area contributed by atoms with Gasteiger partial charge in [-0.1, -0.05) is 19.1 Å². The van der Waals surface area contributed by atoms with Crippen LogP contribution in [-0.2, 0) is 0 Å². The number of anilines is 1. The van der Waals surface area contributed by atoms with E-state index < -0.39 is 0 Å². The van der Waals surface area contributed by atoms with Crippen LogP contribution >= 0.6 is 24.0 Å². The van der Waals surface area contributed by atoms with Gasteiger partial charge in [-0.25, -0.2) is 4.39 Å². The molecule has 1 aromatic carbocycles. The second-order valence-corrected chi connectivity index (χ2v) is 5.92. The van der Waals surface area contributed by atoms with E-state index in [1.165, 1.54) is 6.07 Å². The molecule has 0 saturated carbocycles. The van der Waals surface area contributed by atoms with Crippen molar-refractivity contribution in [1.82, 2.24) is 0 Å². The fraction of sp³-hybridized carbons (Fsp3) is 0.462. The Morgan fingerprint density at radius 2 is 2.28 bits per heavy atom. The molecule has 1 unspecified atom stereocenters. The number of thiocarbonyl (C=S) groups is 1. The molecule has 0 aliphatic heterocycles. The number of nitrogens with one attached hydrogen (secondary N) is 1. The van der Waals surface area contributed by atoms with Crippen LogP contribution < -0.4 is 11.1 Å². The Hall–Kier alpha value is -0.810. The van der Waals surface area contributed by atoms with Gasteiger partial charge in [0.15, 0.2) is 0 Å². The van der Waals surface area contributed by atoms with E-state index in [0.717, 1.165) is 23.6 Å². The van der Waals surface area contributed by atoms with Crippen molar-refractivity contribution in [3.05, 3.63) is 29.6 Å². The Balaban J connectivity index is 2.57. The fourth-order valence-electron chi connectivity index (χ4n) is 1.57. The molecule has 0 aliphatic rings. The zero-order valence-electron chi connectivity index (χ0n) is 10.7. The molecule has 0 aromatic heterocycles. The second-order valence-electron chi connectivity index (χ2n) is 4.09. The number of thioether (sulfide) groups is 1. The van der Waals surface area contributed by atoms with Gasteiger partial charge in [0.1, 0.15) is 10.8 Å². The summed E-state index contributed by atoms with van der Waals surface area (Å²) in [7, 11) is 0. The SMILES string of the molecule is CCSCCC(C)Nc1ccc(C(N)=S)c(F)c1. The number of hydrogen-bond acceptors (Lipinski definition) is 3. The summed E-state index contributed by atoms with van der Waals surface area (Å²) in [4.78, 5) is 0.0893. The van der Waals surface area contributed by atoms with E-state index in [1.54, 1.807) is 12.1 Å². The monoisotopic (exact) mass is 286 g/mol. The average molecular weight is 286 g/mol. The highest BCUT2D eigenvalue weighted by molar-refractivity contribution is 7.99. The first-order chi connectivity index (χ1) is 8.54. The maximum absolute atomic E-state index is 13.6. The molecule has 0 heterocycles. The largest absolute Gasteiger partial charge is 0.389 e. The predicted octanol–water partition coefficient (Wildman–Crippen LogP) is 3.40. The van der Waals surface area contributed by atoms with E-state index >= 15 is 0 Å². The van der Waals surface area contributed by atoms with Gasteiger partial charge in [-0.2, -0.15) is 11.8 Å². The number of rotatable bonds is 7. The molecule has 0 saturated heterocycles. The van der Waals surface area contributed by atoms with Crippen molar-refractivity contribution < 1.29 is 4.39 Å². The smallest absolute Gasteiger partial charge is 0.135 e. The van der Waals surface area contributed by atoms with Gasteiger partial charge in [0.2, 0.25) is 0 Å². The molecule has 0 fully saturated rings. The summed E-state index contributed by atoms with van der Waals surface area (Å²) in [6.07, 6.45) is 1.05. The molecule has 18 heavy (non-hydrogen) atoms. The van der Waals surface area contributed by atoms with Crippen molar-refractivity contribution in [3.8, 4) is 0 Å². The van der Waals surface area contributed by atoms with Crippen LogP contribution in [0.4, 0.5) is 10.1 Å². The normalized spacial score (nSPS) is 12.2. The Kier molecular flexibility index (Phi) is 6.43. The minimum absolute atomic E-state index is 0.0893. The summed E-state index contributed by atoms with van der Waals surface area (Å²) < 4.78 is 13.6. The number of nitrogens with two attached hydrogens (primary N) is 1. The molecular formula is C13H19FN2S2. The summed E-state index contributed by atoms with van der Waals surface area (Å²) in [5.41, 5.74) is 6.48. The highest BCUT2D eigenvalue weighted by atomic mass is 32.2. The van der Waals surface area contributed by atoms with Gasteiger partial charge in [-0.3, -0.25) is 0 Å². The molecule has 5 heteroatoms. The first kappa shape index (κ1) is 15.2. The van der Waals surface area contributed by atoms with Gasteiger partial charge < -0.3 is 11.1 Å². The van der Waals surface area contributed by atoms with Gasteiger partial charge in [-0.05, 0) is 43.0 Å². The molecule has 1 aromatic rings. The third-order valence-electron chi connectivity index (χ3n) is 2.55. The van der Waals surface area contributed by atoms with Crippen LogP contribution in [0.2, 0.25) is 0 Å². The third-order valence-corrected chi connectivity index (χ3v) is 3.70. The topological polar surface area (TPSA) is 38.0 Å². The van der Waals surface area contributed by atoms with Crippen molar-refractivity contribution in [2.24, 2.45) is 5.73 Å². The summed E-state index contributed by atoms with van der Waals surface area (Å²) in [5.74, 6) is 1.87. The van der Waals surface area contributed by atoms with Crippen LogP contribution in [-0.4, -0.2) is 22.5 Å². The predicted molar refractivity (Wildman–Crippen MR) is 83.0 cm³/mol. The van der Waals surface area contributed by atoms with Gasteiger partial charge in [0.25, 0.3) is 0 Å². The highest BCUT2D eigenvalue weighted by Gasteiger charge is 2.07. The first-order valence-electron chi connectivity index (χ1n) is 5.98. The standard InChI is InChI=1S/C13H19FN2S2/c1-3-18-7-6-9(2)16-10-4-5-11(13(15)17)12(14)8-10/h4-5,8-9,16H,3,6-7H2,1-2H3,(H2,15,17). The lowest BCUT2D eigenvalue weighted by molar-refractivity contribution is 0.625. The summed E-state index contributed by atoms with van der Waals surface area (Å²) >= 11 is 6.67. The first-order valence-corrected chi connectivity index (χ1v) is 7.54. The quantitative estimate of drug-likeness (QED) is 0.595. The summed E-state index contributed by atoms with van der Waals surface area (Å²) in [6.45, 7) is 4.24. The molecule has 0 amide bonds. The number of halogens is 1. The Morgan fingerprint density at radius 1 is 1.56 bits per heavy atom. The molecule has 2 nitrogen and oxygen atoms in total. The van der Waals surface area contributed by atoms with Crippen LogP contribution in [0.25, 0.3) is 0 Å². The van der Waals surface area contributed by atoms with Gasteiger partial charge in [-0.15, -0.1) is 0 Å². The summed E-state index contributed by atoms with van der Waals surface area (Å²) in [6, 6.07) is 5.19. The molecule has 100 valence electrons. The van der Waals surface area contributed by atoms with E-state index in [9.17, 15) is 4.39 Å². The number of hydrogen-bond donors (Lipinski definition) is 2. The van der Waals surface area contributed by atoms with Crippen LogP contribution in [0.5, 0.6) is 0 Å². The lowest BCUT2D eigenvalue weighted by atomic mass is 10.1. The van der Waals surface area contributed by atoms with Crippen molar-refractivity contribution in [2.45, 2.75) is 26.3 Å². The molecule has 0 bridgehead atoms. The van der Waals surface area contributed by atoms with E-state index in [2.05, 4.69) is 19.2 Å². The molecule has 0 aliphatic carbocycles. The molecule has 0 spiro atoms. The van der Waals surface area contributed by atoms with Crippen molar-refractivity contribution in [1.29, 1.82) is 0 Å². The zero-order valence-corrected chi connectivity index (χ0v) is 12.3. The van der Waals surface area contributed by atoms with Crippen molar-refractivity contribution in [2.75, 3.05) is 16.8 Å². The lowest BCUT2D eigenvalue weighted by Crippen LogP contribution is -2.17. The number of benzene rings is 1. The molecule has 1 rings (SSSR count). The van der Waals surface area contributed by atoms with Crippen molar-refractivity contribution >= 4 is 34.7 Å². The Labute approximate surface area is 118 Å². The Bertz CT molecular complexity index is 410. The molecule has 3 N–H and O–H groups in total. The fourth-order valence-corrected chi connectivity index (χ4v) is 2.54. The van der Waals surface area contributed by atoms with Crippen LogP contribution in [0, 0.1) is 5.82 Å². The summed E-state index contributed by atoms with van der Waals surface area (Å²) in [5, 5.41) is 3.27. The van der Waals surface area contributed by atoms with Crippen LogP contribution in [0.3, 0.4) is 0 Å². The highest BCUT2D eigenvalue weighted by Crippen LogP contribution is 2.16. The molecule has 1 atom stereocenters. The van der Waals surface area contributed by atoms with Gasteiger partial charge in [0, 0.05) is 17.3 Å². The van der Waals surface area contributed by atoms with E-state index in [1.807, 2.05) is 11.8 Å². The van der Waals surface area contributed by atoms with Crippen LogP contribution in [0.1, 0.15) is 25.8 Å². The van der Waals surface area contributed by atoms with Crippen LogP contribution in [0.15, 0.2) is 18.2 Å². The van der Waals surface area contributed by atoms with Gasteiger partial charge in [0.05, 0.1) is 0 Å². The van der Waals surface area contributed by atoms with Crippen molar-refractivity contribution in [3.63, 3.8) is 0 Å². The average Bonchev–Trinajstić information content (AvgIpc) is 2.28. The minimum Gasteiger partial charge on any atom is -0.389 e.